The van der Waals surface area contributed by atoms with Gasteiger partial charge in [-0.3, -0.25) is 0 Å². The number of urea groups is 1. The fourth-order valence-electron chi connectivity index (χ4n) is 2.28. The molecule has 0 saturated heterocycles. The van der Waals surface area contributed by atoms with Crippen LogP contribution in [-0.4, -0.2) is 29.4 Å². The van der Waals surface area contributed by atoms with Crippen molar-refractivity contribution >= 4 is 11.7 Å². The molecule has 1 aromatic carbocycles. The van der Waals surface area contributed by atoms with Gasteiger partial charge in [0.2, 0.25) is 5.88 Å². The first-order valence-electron chi connectivity index (χ1n) is 8.15. The van der Waals surface area contributed by atoms with Gasteiger partial charge in [-0.1, -0.05) is 12.1 Å². The summed E-state index contributed by atoms with van der Waals surface area (Å²) in [5.74, 6) is 0.802. The molecule has 0 atom stereocenters. The van der Waals surface area contributed by atoms with Crippen LogP contribution in [0.1, 0.15) is 5.56 Å². The molecule has 10 heteroatoms. The van der Waals surface area contributed by atoms with Gasteiger partial charge in [0, 0.05) is 6.07 Å². The minimum Gasteiger partial charge on any atom is -0.475 e. The number of ether oxygens (including phenoxy) is 1. The molecule has 0 fully saturated rings. The average Bonchev–Trinajstić information content (AvgIpc) is 3.20. The number of carbonyl (C=O) groups excluding carboxylic acids is 1. The van der Waals surface area contributed by atoms with Gasteiger partial charge in [0.05, 0.1) is 24.1 Å². The smallest absolute Gasteiger partial charge is 0.418 e. The van der Waals surface area contributed by atoms with Gasteiger partial charge in [0.25, 0.3) is 0 Å². The molecule has 0 bridgehead atoms. The van der Waals surface area contributed by atoms with Gasteiger partial charge in [-0.05, 0) is 30.3 Å². The molecule has 2 amide bonds. The zero-order valence-electron chi connectivity index (χ0n) is 14.4. The molecule has 0 saturated carbocycles. The number of nitrogens with zero attached hydrogens (tertiary/aromatic N) is 2. The molecule has 2 aromatic heterocycles. The molecule has 0 aliphatic carbocycles. The minimum atomic E-state index is -4.56. The second kappa shape index (κ2) is 8.42. The lowest BCUT2D eigenvalue weighted by Crippen LogP contribution is -2.32. The van der Waals surface area contributed by atoms with Crippen molar-refractivity contribution < 1.29 is 27.1 Å². The van der Waals surface area contributed by atoms with Crippen molar-refractivity contribution in [2.24, 2.45) is 0 Å². The molecule has 0 spiro atoms. The number of carbonyl (C=O) groups is 1. The lowest BCUT2D eigenvalue weighted by Gasteiger charge is -2.14. The standard InChI is InChI=1S/C18H15F3N4O3/c19-18(20,21)12-4-1-2-5-13(12)23-17(26)22-9-11-28-16-8-7-14(24-25-16)15-6-3-10-27-15/h1-8,10H,9,11H2,(H2,22,23,26). The molecule has 3 rings (SSSR count). The van der Waals surface area contributed by atoms with E-state index in [0.29, 0.717) is 11.5 Å². The topological polar surface area (TPSA) is 89.3 Å². The van der Waals surface area contributed by atoms with Gasteiger partial charge in [0.1, 0.15) is 12.3 Å². The number of alkyl halides is 3. The van der Waals surface area contributed by atoms with Crippen molar-refractivity contribution in [1.82, 2.24) is 15.5 Å². The fraction of sp³-hybridized carbons (Fsp3) is 0.167. The summed E-state index contributed by atoms with van der Waals surface area (Å²) in [6, 6.07) is 10.7. The lowest BCUT2D eigenvalue weighted by atomic mass is 10.1. The highest BCUT2D eigenvalue weighted by molar-refractivity contribution is 5.90. The quantitative estimate of drug-likeness (QED) is 0.620. The van der Waals surface area contributed by atoms with Crippen LogP contribution in [0.4, 0.5) is 23.7 Å². The molecule has 7 nitrogen and oxygen atoms in total. The minimum absolute atomic E-state index is 0.0572. The van der Waals surface area contributed by atoms with E-state index in [1.807, 2.05) is 0 Å². The van der Waals surface area contributed by atoms with E-state index in [9.17, 15) is 18.0 Å². The molecular formula is C18H15F3N4O3. The summed E-state index contributed by atoms with van der Waals surface area (Å²) in [6.45, 7) is 0.116. The van der Waals surface area contributed by atoms with E-state index < -0.39 is 17.8 Å². The molecule has 0 radical (unpaired) electrons. The van der Waals surface area contributed by atoms with Crippen LogP contribution in [0.2, 0.25) is 0 Å². The van der Waals surface area contributed by atoms with Crippen LogP contribution in [0.15, 0.2) is 59.2 Å². The summed E-state index contributed by atoms with van der Waals surface area (Å²) >= 11 is 0. The number of furan rings is 1. The van der Waals surface area contributed by atoms with Gasteiger partial charge >= 0.3 is 12.2 Å². The SMILES string of the molecule is O=C(NCCOc1ccc(-c2ccco2)nn1)Nc1ccccc1C(F)(F)F. The zero-order chi connectivity index (χ0) is 20.0. The number of para-hydroxylation sites is 1. The van der Waals surface area contributed by atoms with Crippen LogP contribution in [0.3, 0.4) is 0 Å². The summed E-state index contributed by atoms with van der Waals surface area (Å²) in [7, 11) is 0. The van der Waals surface area contributed by atoms with E-state index in [-0.39, 0.29) is 24.7 Å². The van der Waals surface area contributed by atoms with E-state index >= 15 is 0 Å². The van der Waals surface area contributed by atoms with Crippen LogP contribution in [0.25, 0.3) is 11.5 Å². The predicted molar refractivity (Wildman–Crippen MR) is 93.7 cm³/mol. The molecule has 2 heterocycles. The maximum Gasteiger partial charge on any atom is 0.418 e. The maximum absolute atomic E-state index is 12.9. The van der Waals surface area contributed by atoms with Crippen LogP contribution in [0.5, 0.6) is 5.88 Å². The van der Waals surface area contributed by atoms with E-state index in [2.05, 4.69) is 20.8 Å². The van der Waals surface area contributed by atoms with Crippen molar-refractivity contribution in [3.8, 4) is 17.3 Å². The number of hydrogen-bond donors (Lipinski definition) is 2. The molecule has 2 N–H and O–H groups in total. The van der Waals surface area contributed by atoms with Crippen LogP contribution in [-0.2, 0) is 6.18 Å². The Labute approximate surface area is 157 Å². The van der Waals surface area contributed by atoms with E-state index in [0.717, 1.165) is 6.07 Å². The molecule has 3 aromatic rings. The molecule has 146 valence electrons. The number of nitrogens with one attached hydrogen (secondary N) is 2. The van der Waals surface area contributed by atoms with Crippen LogP contribution < -0.4 is 15.4 Å². The van der Waals surface area contributed by atoms with E-state index in [1.54, 1.807) is 24.3 Å². The summed E-state index contributed by atoms with van der Waals surface area (Å²) in [5, 5.41) is 12.4. The highest BCUT2D eigenvalue weighted by Crippen LogP contribution is 2.34. The first-order valence-corrected chi connectivity index (χ1v) is 8.15. The Morgan fingerprint density at radius 3 is 2.57 bits per heavy atom. The predicted octanol–water partition coefficient (Wildman–Crippen LogP) is 3.96. The monoisotopic (exact) mass is 392 g/mol. The molecule has 28 heavy (non-hydrogen) atoms. The summed E-state index contributed by atoms with van der Waals surface area (Å²) in [4.78, 5) is 11.8. The Morgan fingerprint density at radius 2 is 1.89 bits per heavy atom. The van der Waals surface area contributed by atoms with Gasteiger partial charge in [-0.2, -0.15) is 13.2 Å². The van der Waals surface area contributed by atoms with Gasteiger partial charge in [-0.15, -0.1) is 10.2 Å². The highest BCUT2D eigenvalue weighted by Gasteiger charge is 2.33. The number of anilines is 1. The zero-order valence-corrected chi connectivity index (χ0v) is 14.4. The summed E-state index contributed by atoms with van der Waals surface area (Å²) in [6.07, 6.45) is -3.04. The highest BCUT2D eigenvalue weighted by atomic mass is 19.4. The molecular weight excluding hydrogens is 377 g/mol. The first-order chi connectivity index (χ1) is 13.4. The number of halogens is 3. The Balaban J connectivity index is 1.45. The molecule has 0 aliphatic heterocycles. The molecule has 0 aliphatic rings. The van der Waals surface area contributed by atoms with E-state index in [1.165, 1.54) is 24.5 Å². The van der Waals surface area contributed by atoms with Crippen molar-refractivity contribution in [2.45, 2.75) is 6.18 Å². The van der Waals surface area contributed by atoms with Crippen molar-refractivity contribution in [3.05, 3.63) is 60.4 Å². The third-order valence-corrected chi connectivity index (χ3v) is 3.53. The summed E-state index contributed by atoms with van der Waals surface area (Å²) < 4.78 is 49.2. The largest absolute Gasteiger partial charge is 0.475 e. The molecule has 0 unspecified atom stereocenters. The third kappa shape index (κ3) is 5.00. The lowest BCUT2D eigenvalue weighted by molar-refractivity contribution is -0.136. The van der Waals surface area contributed by atoms with Crippen LogP contribution >= 0.6 is 0 Å². The average molecular weight is 392 g/mol. The number of aromatic nitrogens is 2. The maximum atomic E-state index is 12.9. The number of rotatable bonds is 6. The van der Waals surface area contributed by atoms with Gasteiger partial charge in [0.15, 0.2) is 5.76 Å². The Hall–Kier alpha value is -3.56. The number of hydrogen-bond acceptors (Lipinski definition) is 5. The summed E-state index contributed by atoms with van der Waals surface area (Å²) in [5.41, 5.74) is -0.709. The second-order valence-electron chi connectivity index (χ2n) is 5.51. The van der Waals surface area contributed by atoms with Crippen molar-refractivity contribution in [2.75, 3.05) is 18.5 Å². The van der Waals surface area contributed by atoms with Crippen molar-refractivity contribution in [3.63, 3.8) is 0 Å². The first kappa shape index (κ1) is 19.2. The number of amides is 2. The fourth-order valence-corrected chi connectivity index (χ4v) is 2.28. The normalized spacial score (nSPS) is 11.1. The van der Waals surface area contributed by atoms with Crippen molar-refractivity contribution in [1.29, 1.82) is 0 Å². The van der Waals surface area contributed by atoms with Gasteiger partial charge in [-0.25, -0.2) is 4.79 Å². The Bertz CT molecular complexity index is 913. The number of benzene rings is 1. The Kier molecular flexibility index (Phi) is 5.78. The Morgan fingerprint density at radius 1 is 1.07 bits per heavy atom. The van der Waals surface area contributed by atoms with E-state index in [4.69, 9.17) is 9.15 Å². The van der Waals surface area contributed by atoms with Crippen LogP contribution in [0, 0.1) is 0 Å². The third-order valence-electron chi connectivity index (χ3n) is 3.53. The van der Waals surface area contributed by atoms with Gasteiger partial charge < -0.3 is 19.8 Å². The second-order valence-corrected chi connectivity index (χ2v) is 5.51.